The standard InChI is InChI=1S/C14H17ClFN3/c1-4-14(2,3)12-11(13(17)19-18-12)10-8(15)6-5-7-9(10)16/h5-7H,4H2,1-3H3,(H3,17,18,19). The van der Waals surface area contributed by atoms with Crippen LogP contribution in [0.5, 0.6) is 0 Å². The molecule has 1 aromatic heterocycles. The largest absolute Gasteiger partial charge is 0.382 e. The van der Waals surface area contributed by atoms with Crippen LogP contribution < -0.4 is 5.73 Å². The highest BCUT2D eigenvalue weighted by Crippen LogP contribution is 2.41. The number of anilines is 1. The predicted octanol–water partition coefficient (Wildman–Crippen LogP) is 4.14. The maximum Gasteiger partial charge on any atom is 0.153 e. The molecule has 0 aliphatic rings. The average molecular weight is 282 g/mol. The van der Waals surface area contributed by atoms with E-state index in [1.807, 2.05) is 0 Å². The first-order valence-corrected chi connectivity index (χ1v) is 6.55. The first-order valence-electron chi connectivity index (χ1n) is 6.17. The molecular weight excluding hydrogens is 265 g/mol. The van der Waals surface area contributed by atoms with Gasteiger partial charge in [-0.2, -0.15) is 5.10 Å². The number of aromatic nitrogens is 2. The maximum absolute atomic E-state index is 14.1. The van der Waals surface area contributed by atoms with Gasteiger partial charge in [0, 0.05) is 11.0 Å². The number of H-pyrrole nitrogens is 1. The molecule has 19 heavy (non-hydrogen) atoms. The molecule has 0 saturated heterocycles. The first-order chi connectivity index (χ1) is 8.88. The molecule has 2 rings (SSSR count). The fourth-order valence-corrected chi connectivity index (χ4v) is 2.27. The molecule has 0 radical (unpaired) electrons. The summed E-state index contributed by atoms with van der Waals surface area (Å²) in [5, 5.41) is 7.27. The van der Waals surface area contributed by atoms with E-state index in [1.165, 1.54) is 6.07 Å². The monoisotopic (exact) mass is 281 g/mol. The summed E-state index contributed by atoms with van der Waals surface area (Å²) in [6.07, 6.45) is 0.869. The SMILES string of the molecule is CCC(C)(C)c1[nH]nc(N)c1-c1c(F)cccc1Cl. The van der Waals surface area contributed by atoms with Gasteiger partial charge in [-0.15, -0.1) is 0 Å². The molecule has 1 heterocycles. The van der Waals surface area contributed by atoms with Crippen LogP contribution in [0.15, 0.2) is 18.2 Å². The van der Waals surface area contributed by atoms with Crippen molar-refractivity contribution in [2.45, 2.75) is 32.6 Å². The quantitative estimate of drug-likeness (QED) is 0.888. The predicted molar refractivity (Wildman–Crippen MR) is 76.7 cm³/mol. The summed E-state index contributed by atoms with van der Waals surface area (Å²) in [5.41, 5.74) is 7.39. The Morgan fingerprint density at radius 2 is 2.05 bits per heavy atom. The number of hydrogen-bond acceptors (Lipinski definition) is 2. The smallest absolute Gasteiger partial charge is 0.153 e. The van der Waals surface area contributed by atoms with Crippen molar-refractivity contribution < 1.29 is 4.39 Å². The molecular formula is C14H17ClFN3. The van der Waals surface area contributed by atoms with E-state index >= 15 is 0 Å². The third-order valence-corrected chi connectivity index (χ3v) is 3.88. The molecule has 0 aliphatic carbocycles. The van der Waals surface area contributed by atoms with Gasteiger partial charge in [0.2, 0.25) is 0 Å². The van der Waals surface area contributed by atoms with Gasteiger partial charge >= 0.3 is 0 Å². The zero-order valence-electron chi connectivity index (χ0n) is 11.2. The Bertz CT molecular complexity index is 584. The Hall–Kier alpha value is -1.55. The van der Waals surface area contributed by atoms with E-state index < -0.39 is 5.82 Å². The molecule has 0 unspecified atom stereocenters. The van der Waals surface area contributed by atoms with Gasteiger partial charge in [-0.3, -0.25) is 5.10 Å². The van der Waals surface area contributed by atoms with Gasteiger partial charge in [0.1, 0.15) is 5.82 Å². The van der Waals surface area contributed by atoms with Crippen molar-refractivity contribution in [1.29, 1.82) is 0 Å². The highest BCUT2D eigenvalue weighted by molar-refractivity contribution is 6.33. The molecule has 102 valence electrons. The fraction of sp³-hybridized carbons (Fsp3) is 0.357. The Morgan fingerprint density at radius 3 is 2.63 bits per heavy atom. The minimum absolute atomic E-state index is 0.189. The molecule has 3 N–H and O–H groups in total. The van der Waals surface area contributed by atoms with Crippen LogP contribution in [0.4, 0.5) is 10.2 Å². The summed E-state index contributed by atoms with van der Waals surface area (Å²) in [7, 11) is 0. The van der Waals surface area contributed by atoms with Crippen molar-refractivity contribution in [1.82, 2.24) is 10.2 Å². The summed E-state index contributed by atoms with van der Waals surface area (Å²) in [6.45, 7) is 6.17. The van der Waals surface area contributed by atoms with Gasteiger partial charge in [-0.1, -0.05) is 38.4 Å². The van der Waals surface area contributed by atoms with Crippen molar-refractivity contribution in [3.8, 4) is 11.1 Å². The number of aromatic amines is 1. The van der Waals surface area contributed by atoms with Gasteiger partial charge in [-0.05, 0) is 18.6 Å². The topological polar surface area (TPSA) is 54.7 Å². The minimum atomic E-state index is -0.395. The zero-order chi connectivity index (χ0) is 14.2. The molecule has 0 aliphatic heterocycles. The molecule has 3 nitrogen and oxygen atoms in total. The summed E-state index contributed by atoms with van der Waals surface area (Å²) < 4.78 is 14.1. The number of hydrogen-bond donors (Lipinski definition) is 2. The molecule has 5 heteroatoms. The van der Waals surface area contributed by atoms with Crippen molar-refractivity contribution >= 4 is 17.4 Å². The van der Waals surface area contributed by atoms with Crippen LogP contribution >= 0.6 is 11.6 Å². The fourth-order valence-electron chi connectivity index (χ4n) is 2.01. The summed E-state index contributed by atoms with van der Waals surface area (Å²) in [5.74, 6) is -0.128. The van der Waals surface area contributed by atoms with E-state index in [0.717, 1.165) is 12.1 Å². The summed E-state index contributed by atoms with van der Waals surface area (Å²) in [4.78, 5) is 0. The molecule has 0 saturated carbocycles. The Balaban J connectivity index is 2.73. The lowest BCUT2D eigenvalue weighted by Gasteiger charge is -2.23. The summed E-state index contributed by atoms with van der Waals surface area (Å²) >= 11 is 6.12. The molecule has 0 amide bonds. The highest BCUT2D eigenvalue weighted by atomic mass is 35.5. The van der Waals surface area contributed by atoms with Crippen LogP contribution in [-0.4, -0.2) is 10.2 Å². The molecule has 0 spiro atoms. The second-order valence-corrected chi connectivity index (χ2v) is 5.60. The number of benzene rings is 1. The lowest BCUT2D eigenvalue weighted by atomic mass is 9.82. The van der Waals surface area contributed by atoms with Crippen LogP contribution in [0.25, 0.3) is 11.1 Å². The van der Waals surface area contributed by atoms with Crippen LogP contribution in [0.3, 0.4) is 0 Å². The van der Waals surface area contributed by atoms with Gasteiger partial charge in [0.05, 0.1) is 16.3 Å². The molecule has 0 atom stereocenters. The molecule has 1 aromatic carbocycles. The molecule has 0 fully saturated rings. The van der Waals surface area contributed by atoms with Crippen molar-refractivity contribution in [2.75, 3.05) is 5.73 Å². The Kier molecular flexibility index (Phi) is 3.54. The van der Waals surface area contributed by atoms with E-state index in [9.17, 15) is 4.39 Å². The van der Waals surface area contributed by atoms with Crippen molar-refractivity contribution in [3.05, 3.63) is 34.7 Å². The third kappa shape index (κ3) is 2.32. The van der Waals surface area contributed by atoms with E-state index in [2.05, 4.69) is 31.0 Å². The lowest BCUT2D eigenvalue weighted by Crippen LogP contribution is -2.17. The Morgan fingerprint density at radius 1 is 1.37 bits per heavy atom. The van der Waals surface area contributed by atoms with E-state index in [0.29, 0.717) is 16.1 Å². The van der Waals surface area contributed by atoms with Crippen LogP contribution in [0.2, 0.25) is 5.02 Å². The van der Waals surface area contributed by atoms with Gasteiger partial charge in [-0.25, -0.2) is 4.39 Å². The molecule has 0 bridgehead atoms. The second kappa shape index (κ2) is 4.85. The van der Waals surface area contributed by atoms with Gasteiger partial charge < -0.3 is 5.73 Å². The normalized spacial score (nSPS) is 11.8. The van der Waals surface area contributed by atoms with E-state index in [1.54, 1.807) is 12.1 Å². The third-order valence-electron chi connectivity index (χ3n) is 3.57. The number of nitrogens with one attached hydrogen (secondary N) is 1. The number of halogens is 2. The number of nitrogen functional groups attached to an aromatic ring is 1. The van der Waals surface area contributed by atoms with Crippen molar-refractivity contribution in [2.24, 2.45) is 0 Å². The number of nitrogens with zero attached hydrogens (tertiary/aromatic N) is 1. The van der Waals surface area contributed by atoms with Gasteiger partial charge in [0.15, 0.2) is 5.82 Å². The maximum atomic E-state index is 14.1. The lowest BCUT2D eigenvalue weighted by molar-refractivity contribution is 0.490. The van der Waals surface area contributed by atoms with Crippen molar-refractivity contribution in [3.63, 3.8) is 0 Å². The second-order valence-electron chi connectivity index (χ2n) is 5.19. The minimum Gasteiger partial charge on any atom is -0.382 e. The van der Waals surface area contributed by atoms with Crippen LogP contribution in [-0.2, 0) is 5.41 Å². The highest BCUT2D eigenvalue weighted by Gasteiger charge is 2.28. The van der Waals surface area contributed by atoms with E-state index in [-0.39, 0.29) is 11.2 Å². The Labute approximate surface area is 117 Å². The molecule has 2 aromatic rings. The first kappa shape index (κ1) is 13.9. The number of nitrogens with two attached hydrogens (primary N) is 1. The van der Waals surface area contributed by atoms with Gasteiger partial charge in [0.25, 0.3) is 0 Å². The summed E-state index contributed by atoms with van der Waals surface area (Å²) in [6, 6.07) is 4.59. The van der Waals surface area contributed by atoms with E-state index in [4.69, 9.17) is 17.3 Å². The van der Waals surface area contributed by atoms with Crippen LogP contribution in [0, 0.1) is 5.82 Å². The average Bonchev–Trinajstić information content (AvgIpc) is 2.72. The zero-order valence-corrected chi connectivity index (χ0v) is 12.0. The van der Waals surface area contributed by atoms with Crippen LogP contribution in [0.1, 0.15) is 32.9 Å². The number of rotatable bonds is 3.